The van der Waals surface area contributed by atoms with Crippen molar-refractivity contribution in [2.24, 2.45) is 11.3 Å². The summed E-state index contributed by atoms with van der Waals surface area (Å²) in [5, 5.41) is 0. The molecule has 1 atom stereocenters. The number of hydrogen-bond acceptors (Lipinski definition) is 0. The molecular formula is C15H31. The lowest BCUT2D eigenvalue weighted by Gasteiger charge is -2.18. The first-order valence-corrected chi connectivity index (χ1v) is 6.75. The van der Waals surface area contributed by atoms with Crippen molar-refractivity contribution in [2.45, 2.75) is 79.1 Å². The van der Waals surface area contributed by atoms with Crippen molar-refractivity contribution in [3.8, 4) is 0 Å². The van der Waals surface area contributed by atoms with Crippen molar-refractivity contribution >= 4 is 0 Å². The van der Waals surface area contributed by atoms with E-state index in [1.807, 2.05) is 0 Å². The van der Waals surface area contributed by atoms with E-state index in [1.54, 1.807) is 0 Å². The molecule has 0 bridgehead atoms. The van der Waals surface area contributed by atoms with E-state index in [-0.39, 0.29) is 0 Å². The summed E-state index contributed by atoms with van der Waals surface area (Å²) in [7, 11) is 0. The average Bonchev–Trinajstić information content (AvgIpc) is 2.11. The van der Waals surface area contributed by atoms with Crippen LogP contribution in [-0.2, 0) is 0 Å². The molecule has 0 N–H and O–H groups in total. The van der Waals surface area contributed by atoms with E-state index in [4.69, 9.17) is 0 Å². The molecule has 0 aromatic heterocycles. The van der Waals surface area contributed by atoms with Crippen LogP contribution in [0.25, 0.3) is 0 Å². The van der Waals surface area contributed by atoms with Crippen molar-refractivity contribution in [2.75, 3.05) is 0 Å². The first kappa shape index (κ1) is 15.0. The van der Waals surface area contributed by atoms with Gasteiger partial charge in [-0.3, -0.25) is 0 Å². The molecule has 91 valence electrons. The maximum atomic E-state index is 3.88. The zero-order valence-corrected chi connectivity index (χ0v) is 11.4. The molecule has 1 radical (unpaired) electrons. The number of rotatable bonds is 8. The summed E-state index contributed by atoms with van der Waals surface area (Å²) >= 11 is 0. The molecule has 0 rings (SSSR count). The summed E-state index contributed by atoms with van der Waals surface area (Å²) in [6.45, 7) is 13.3. The maximum absolute atomic E-state index is 3.88. The Hall–Kier alpha value is 0. The number of unbranched alkanes of at least 4 members (excludes halogenated alkanes) is 3. The van der Waals surface area contributed by atoms with E-state index < -0.39 is 0 Å². The average molecular weight is 211 g/mol. The van der Waals surface area contributed by atoms with Crippen LogP contribution in [0.4, 0.5) is 0 Å². The topological polar surface area (TPSA) is 0 Å². The van der Waals surface area contributed by atoms with E-state index in [0.717, 1.165) is 12.3 Å². The van der Waals surface area contributed by atoms with Crippen LogP contribution in [0.1, 0.15) is 79.1 Å². The quantitative estimate of drug-likeness (QED) is 0.457. The molecule has 0 aliphatic heterocycles. The van der Waals surface area contributed by atoms with Crippen LogP contribution in [-0.4, -0.2) is 0 Å². The normalized spacial score (nSPS) is 14.2. The molecule has 1 unspecified atom stereocenters. The lowest BCUT2D eigenvalue weighted by atomic mass is 9.88. The third-order valence-corrected chi connectivity index (χ3v) is 3.07. The molecule has 0 saturated heterocycles. The van der Waals surface area contributed by atoms with Gasteiger partial charge in [0.05, 0.1) is 0 Å². The monoisotopic (exact) mass is 211 g/mol. The molecule has 0 aliphatic rings. The van der Waals surface area contributed by atoms with Crippen LogP contribution in [0.3, 0.4) is 0 Å². The second-order valence-electron chi connectivity index (χ2n) is 6.26. The Bertz CT molecular complexity index is 129. The lowest BCUT2D eigenvalue weighted by molar-refractivity contribution is 0.345. The summed E-state index contributed by atoms with van der Waals surface area (Å²) in [6, 6.07) is 0. The second-order valence-corrected chi connectivity index (χ2v) is 6.26. The summed E-state index contributed by atoms with van der Waals surface area (Å²) in [5.41, 5.74) is 0.525. The first-order chi connectivity index (χ1) is 6.95. The number of hydrogen-bond donors (Lipinski definition) is 0. The summed E-state index contributed by atoms with van der Waals surface area (Å²) in [5.74, 6) is 0.927. The predicted octanol–water partition coefficient (Wildman–Crippen LogP) is 5.62. The van der Waals surface area contributed by atoms with E-state index in [2.05, 4.69) is 34.6 Å². The zero-order valence-electron chi connectivity index (χ0n) is 11.4. The molecule has 15 heavy (non-hydrogen) atoms. The summed E-state index contributed by atoms with van der Waals surface area (Å²) < 4.78 is 0. The highest BCUT2D eigenvalue weighted by Gasteiger charge is 2.09. The van der Waals surface area contributed by atoms with Crippen LogP contribution in [0, 0.1) is 18.3 Å². The van der Waals surface area contributed by atoms with E-state index in [0.29, 0.717) is 5.41 Å². The Morgan fingerprint density at radius 1 is 0.933 bits per heavy atom. The molecule has 0 aromatic carbocycles. The fraction of sp³-hybridized carbons (Fsp3) is 0.933. The Balaban J connectivity index is 3.27. The van der Waals surface area contributed by atoms with Gasteiger partial charge in [-0.05, 0) is 17.8 Å². The van der Waals surface area contributed by atoms with Crippen LogP contribution < -0.4 is 0 Å². The predicted molar refractivity (Wildman–Crippen MR) is 70.9 cm³/mol. The van der Waals surface area contributed by atoms with Crippen molar-refractivity contribution in [1.29, 1.82) is 0 Å². The fourth-order valence-corrected chi connectivity index (χ4v) is 1.96. The van der Waals surface area contributed by atoms with Crippen molar-refractivity contribution in [3.63, 3.8) is 0 Å². The molecule has 0 amide bonds. The van der Waals surface area contributed by atoms with Gasteiger partial charge in [0.2, 0.25) is 0 Å². The Kier molecular flexibility index (Phi) is 8.19. The Morgan fingerprint density at radius 3 is 1.93 bits per heavy atom. The molecule has 0 saturated carbocycles. The van der Waals surface area contributed by atoms with Crippen LogP contribution in [0.15, 0.2) is 0 Å². The largest absolute Gasteiger partial charge is 0.0625 e. The van der Waals surface area contributed by atoms with Gasteiger partial charge in [-0.25, -0.2) is 0 Å². The molecular weight excluding hydrogens is 180 g/mol. The molecule has 0 nitrogen and oxygen atoms in total. The van der Waals surface area contributed by atoms with E-state index in [1.165, 1.54) is 44.9 Å². The first-order valence-electron chi connectivity index (χ1n) is 6.75. The minimum Gasteiger partial charge on any atom is -0.0625 e. The van der Waals surface area contributed by atoms with Gasteiger partial charge in [0, 0.05) is 0 Å². The Morgan fingerprint density at radius 2 is 1.47 bits per heavy atom. The van der Waals surface area contributed by atoms with Gasteiger partial charge < -0.3 is 0 Å². The van der Waals surface area contributed by atoms with E-state index >= 15 is 0 Å². The van der Waals surface area contributed by atoms with Gasteiger partial charge in [-0.15, -0.1) is 0 Å². The molecule has 0 aliphatic carbocycles. The minimum atomic E-state index is 0.525. The molecule has 0 spiro atoms. The van der Waals surface area contributed by atoms with Gasteiger partial charge in [-0.1, -0.05) is 79.6 Å². The minimum absolute atomic E-state index is 0.525. The van der Waals surface area contributed by atoms with Crippen molar-refractivity contribution < 1.29 is 0 Å². The third-order valence-electron chi connectivity index (χ3n) is 3.07. The fourth-order valence-electron chi connectivity index (χ4n) is 1.96. The van der Waals surface area contributed by atoms with Gasteiger partial charge in [-0.2, -0.15) is 0 Å². The highest BCUT2D eigenvalue weighted by atomic mass is 14.2. The SMILES string of the molecule is [CH2]CCCCC(C)CCCCC(C)(C)C. The second kappa shape index (κ2) is 8.19. The molecule has 0 heteroatoms. The summed E-state index contributed by atoms with van der Waals surface area (Å²) in [6.07, 6.45) is 10.8. The third kappa shape index (κ3) is 11.9. The Labute approximate surface area is 97.8 Å². The van der Waals surface area contributed by atoms with Crippen LogP contribution in [0.5, 0.6) is 0 Å². The van der Waals surface area contributed by atoms with Gasteiger partial charge >= 0.3 is 0 Å². The van der Waals surface area contributed by atoms with Gasteiger partial charge in [0.15, 0.2) is 0 Å². The van der Waals surface area contributed by atoms with Gasteiger partial charge in [0.25, 0.3) is 0 Å². The smallest absolute Gasteiger partial charge is 0.0383 e. The lowest BCUT2D eigenvalue weighted by Crippen LogP contribution is -2.04. The van der Waals surface area contributed by atoms with E-state index in [9.17, 15) is 0 Å². The molecule has 0 fully saturated rings. The standard InChI is InChI=1S/C15H31/c1-6-7-8-11-14(2)12-9-10-13-15(3,4)5/h14H,1,6-13H2,2-5H3. The highest BCUT2D eigenvalue weighted by Crippen LogP contribution is 2.24. The molecule has 0 heterocycles. The van der Waals surface area contributed by atoms with Crippen molar-refractivity contribution in [1.82, 2.24) is 0 Å². The zero-order chi connectivity index (χ0) is 11.7. The van der Waals surface area contributed by atoms with Crippen LogP contribution in [0.2, 0.25) is 0 Å². The van der Waals surface area contributed by atoms with Crippen LogP contribution >= 0.6 is 0 Å². The maximum Gasteiger partial charge on any atom is -0.0383 e. The molecule has 0 aromatic rings. The van der Waals surface area contributed by atoms with Crippen molar-refractivity contribution in [3.05, 3.63) is 6.92 Å². The van der Waals surface area contributed by atoms with Gasteiger partial charge in [0.1, 0.15) is 0 Å². The highest BCUT2D eigenvalue weighted by molar-refractivity contribution is 4.62. The summed E-state index contributed by atoms with van der Waals surface area (Å²) in [4.78, 5) is 0.